The monoisotopic (exact) mass is 343 g/mol. The van der Waals surface area contributed by atoms with E-state index >= 15 is 0 Å². The van der Waals surface area contributed by atoms with Gasteiger partial charge in [-0.1, -0.05) is 18.2 Å². The summed E-state index contributed by atoms with van der Waals surface area (Å²) in [7, 11) is 0. The maximum atomic E-state index is 12.4. The quantitative estimate of drug-likeness (QED) is 0.633. The molecule has 134 valence electrons. The van der Waals surface area contributed by atoms with E-state index in [0.717, 1.165) is 30.4 Å². The zero-order chi connectivity index (χ0) is 17.6. The van der Waals surface area contributed by atoms with Gasteiger partial charge in [-0.25, -0.2) is 0 Å². The normalized spacial score (nSPS) is 18.7. The fourth-order valence-corrected chi connectivity index (χ4v) is 3.19. The fourth-order valence-electron chi connectivity index (χ4n) is 3.19. The smallest absolute Gasteiger partial charge is 0.273 e. The highest BCUT2D eigenvalue weighted by atomic mass is 16.2. The summed E-state index contributed by atoms with van der Waals surface area (Å²) < 4.78 is 0. The van der Waals surface area contributed by atoms with E-state index in [0.29, 0.717) is 18.2 Å². The van der Waals surface area contributed by atoms with Crippen molar-refractivity contribution in [3.05, 3.63) is 30.0 Å². The maximum absolute atomic E-state index is 12.4. The Kier molecular flexibility index (Phi) is 5.65. The Bertz CT molecular complexity index is 736. The molecule has 25 heavy (non-hydrogen) atoms. The van der Waals surface area contributed by atoms with Crippen molar-refractivity contribution >= 4 is 22.7 Å². The predicted octanol–water partition coefficient (Wildman–Crippen LogP) is 1.19. The Hall–Kier alpha value is -2.41. The number of H-pyrrole nitrogens is 1. The maximum Gasteiger partial charge on any atom is 0.273 e. The minimum atomic E-state index is -0.604. The molecule has 2 heterocycles. The number of nitrogens with zero attached hydrogens (tertiary/aromatic N) is 1. The van der Waals surface area contributed by atoms with Gasteiger partial charge in [0.2, 0.25) is 5.91 Å². The second-order valence-corrected chi connectivity index (χ2v) is 6.61. The van der Waals surface area contributed by atoms with Crippen LogP contribution in [0.15, 0.2) is 24.3 Å². The molecular formula is C18H25N5O2. The number of hydrogen-bond acceptors (Lipinski definition) is 4. The summed E-state index contributed by atoms with van der Waals surface area (Å²) in [6.45, 7) is 4.43. The standard InChI is InChI=1S/C18H25N5O2/c1-12(17(24)20-10-8-13-5-4-9-19-11-13)21-18(25)16-14-6-2-3-7-15(14)22-23-16/h2-3,6-7,12-13,19H,4-5,8-11H2,1H3,(H,20,24)(H,21,25)(H,22,23). The number of rotatable bonds is 6. The Labute approximate surface area is 146 Å². The number of amides is 2. The molecule has 0 radical (unpaired) electrons. The van der Waals surface area contributed by atoms with Gasteiger partial charge in [0.15, 0.2) is 5.69 Å². The van der Waals surface area contributed by atoms with E-state index in [1.807, 2.05) is 24.3 Å². The minimum absolute atomic E-state index is 0.169. The van der Waals surface area contributed by atoms with Crippen LogP contribution in [0, 0.1) is 5.92 Å². The van der Waals surface area contributed by atoms with Crippen LogP contribution in [-0.4, -0.2) is 47.7 Å². The number of carbonyl (C=O) groups is 2. The van der Waals surface area contributed by atoms with Crippen LogP contribution in [0.2, 0.25) is 0 Å². The molecule has 0 spiro atoms. The second kappa shape index (κ2) is 8.11. The molecule has 0 saturated carbocycles. The van der Waals surface area contributed by atoms with Crippen LogP contribution in [0.4, 0.5) is 0 Å². The van der Waals surface area contributed by atoms with Crippen molar-refractivity contribution in [2.24, 2.45) is 5.92 Å². The lowest BCUT2D eigenvalue weighted by atomic mass is 9.96. The number of benzene rings is 1. The molecule has 0 bridgehead atoms. The van der Waals surface area contributed by atoms with Crippen molar-refractivity contribution in [1.82, 2.24) is 26.1 Å². The highest BCUT2D eigenvalue weighted by molar-refractivity contribution is 6.05. The van der Waals surface area contributed by atoms with Crippen LogP contribution in [-0.2, 0) is 4.79 Å². The van der Waals surface area contributed by atoms with Gasteiger partial charge in [-0.05, 0) is 51.3 Å². The molecule has 4 N–H and O–H groups in total. The van der Waals surface area contributed by atoms with Crippen molar-refractivity contribution in [2.75, 3.05) is 19.6 Å². The Morgan fingerprint density at radius 3 is 3.00 bits per heavy atom. The second-order valence-electron chi connectivity index (χ2n) is 6.61. The Morgan fingerprint density at radius 1 is 1.36 bits per heavy atom. The lowest BCUT2D eigenvalue weighted by molar-refractivity contribution is -0.122. The molecule has 2 aromatic rings. The number of carbonyl (C=O) groups excluding carboxylic acids is 2. The minimum Gasteiger partial charge on any atom is -0.354 e. The molecular weight excluding hydrogens is 318 g/mol. The molecule has 2 amide bonds. The van der Waals surface area contributed by atoms with Crippen molar-refractivity contribution in [2.45, 2.75) is 32.2 Å². The molecule has 3 rings (SSSR count). The van der Waals surface area contributed by atoms with Crippen LogP contribution < -0.4 is 16.0 Å². The van der Waals surface area contributed by atoms with E-state index in [1.165, 1.54) is 12.8 Å². The first-order chi connectivity index (χ1) is 12.1. The summed E-state index contributed by atoms with van der Waals surface area (Å²) in [5, 5.41) is 16.6. The molecule has 1 aromatic carbocycles. The summed E-state index contributed by atoms with van der Waals surface area (Å²) in [6, 6.07) is 6.81. The first kappa shape index (κ1) is 17.4. The summed E-state index contributed by atoms with van der Waals surface area (Å²) in [6.07, 6.45) is 3.37. The van der Waals surface area contributed by atoms with Crippen LogP contribution in [0.3, 0.4) is 0 Å². The van der Waals surface area contributed by atoms with Gasteiger partial charge in [0.25, 0.3) is 5.91 Å². The zero-order valence-corrected chi connectivity index (χ0v) is 14.5. The number of piperidine rings is 1. The largest absolute Gasteiger partial charge is 0.354 e. The first-order valence-electron chi connectivity index (χ1n) is 8.87. The van der Waals surface area contributed by atoms with Gasteiger partial charge >= 0.3 is 0 Å². The summed E-state index contributed by atoms with van der Waals surface area (Å²) in [5.41, 5.74) is 1.11. The molecule has 2 unspecified atom stereocenters. The van der Waals surface area contributed by atoms with E-state index in [-0.39, 0.29) is 11.8 Å². The molecule has 7 nitrogen and oxygen atoms in total. The van der Waals surface area contributed by atoms with E-state index in [9.17, 15) is 9.59 Å². The van der Waals surface area contributed by atoms with Gasteiger partial charge in [0, 0.05) is 11.9 Å². The number of para-hydroxylation sites is 1. The average molecular weight is 343 g/mol. The number of aromatic nitrogens is 2. The third-order valence-corrected chi connectivity index (χ3v) is 4.68. The van der Waals surface area contributed by atoms with Crippen molar-refractivity contribution < 1.29 is 9.59 Å². The lowest BCUT2D eigenvalue weighted by Gasteiger charge is -2.23. The van der Waals surface area contributed by atoms with Crippen LogP contribution >= 0.6 is 0 Å². The topological polar surface area (TPSA) is 98.9 Å². The van der Waals surface area contributed by atoms with Gasteiger partial charge in [-0.3, -0.25) is 14.7 Å². The summed E-state index contributed by atoms with van der Waals surface area (Å²) in [5.74, 6) is 0.0999. The first-order valence-corrected chi connectivity index (χ1v) is 8.87. The highest BCUT2D eigenvalue weighted by Gasteiger charge is 2.20. The molecule has 2 atom stereocenters. The summed E-state index contributed by atoms with van der Waals surface area (Å²) >= 11 is 0. The van der Waals surface area contributed by atoms with E-state index in [1.54, 1.807) is 6.92 Å². The number of nitrogens with one attached hydrogen (secondary N) is 4. The molecule has 7 heteroatoms. The SMILES string of the molecule is CC(NC(=O)c1n[nH]c2ccccc12)C(=O)NCCC1CCCNC1. The van der Waals surface area contributed by atoms with E-state index < -0.39 is 6.04 Å². The van der Waals surface area contributed by atoms with Crippen molar-refractivity contribution in [3.63, 3.8) is 0 Å². The third-order valence-electron chi connectivity index (χ3n) is 4.68. The van der Waals surface area contributed by atoms with Crippen molar-refractivity contribution in [1.29, 1.82) is 0 Å². The molecule has 1 aromatic heterocycles. The van der Waals surface area contributed by atoms with Gasteiger partial charge in [-0.2, -0.15) is 5.10 Å². The Morgan fingerprint density at radius 2 is 2.20 bits per heavy atom. The van der Waals surface area contributed by atoms with Gasteiger partial charge in [0.1, 0.15) is 6.04 Å². The van der Waals surface area contributed by atoms with Gasteiger partial charge < -0.3 is 16.0 Å². The molecule has 0 aliphatic carbocycles. The third kappa shape index (κ3) is 4.36. The average Bonchev–Trinajstić information content (AvgIpc) is 3.06. The van der Waals surface area contributed by atoms with Crippen molar-refractivity contribution in [3.8, 4) is 0 Å². The Balaban J connectivity index is 1.48. The fraction of sp³-hybridized carbons (Fsp3) is 0.500. The number of hydrogen-bond donors (Lipinski definition) is 4. The molecule has 1 fully saturated rings. The van der Waals surface area contributed by atoms with Crippen LogP contribution in [0.25, 0.3) is 10.9 Å². The van der Waals surface area contributed by atoms with Crippen LogP contribution in [0.1, 0.15) is 36.7 Å². The molecule has 1 aliphatic rings. The van der Waals surface area contributed by atoms with Crippen LogP contribution in [0.5, 0.6) is 0 Å². The lowest BCUT2D eigenvalue weighted by Crippen LogP contribution is -2.45. The zero-order valence-electron chi connectivity index (χ0n) is 14.5. The molecule has 1 saturated heterocycles. The number of fused-ring (bicyclic) bond motifs is 1. The highest BCUT2D eigenvalue weighted by Crippen LogP contribution is 2.15. The van der Waals surface area contributed by atoms with Gasteiger partial charge in [0.05, 0.1) is 5.52 Å². The molecule has 1 aliphatic heterocycles. The van der Waals surface area contributed by atoms with E-state index in [4.69, 9.17) is 0 Å². The predicted molar refractivity (Wildman–Crippen MR) is 96.2 cm³/mol. The van der Waals surface area contributed by atoms with Gasteiger partial charge in [-0.15, -0.1) is 0 Å². The number of aromatic amines is 1. The summed E-state index contributed by atoms with van der Waals surface area (Å²) in [4.78, 5) is 24.6. The van der Waals surface area contributed by atoms with E-state index in [2.05, 4.69) is 26.1 Å².